The summed E-state index contributed by atoms with van der Waals surface area (Å²) in [5.41, 5.74) is 0.908. The summed E-state index contributed by atoms with van der Waals surface area (Å²) < 4.78 is 0. The summed E-state index contributed by atoms with van der Waals surface area (Å²) in [6.45, 7) is 2.64. The van der Waals surface area contributed by atoms with Gasteiger partial charge in [0, 0.05) is 31.9 Å². The Kier molecular flexibility index (Phi) is 4.51. The van der Waals surface area contributed by atoms with Crippen LogP contribution in [0.15, 0.2) is 24.5 Å². The Hall–Kier alpha value is -2.97. The van der Waals surface area contributed by atoms with Crippen LogP contribution in [0.4, 0.5) is 23.3 Å². The summed E-state index contributed by atoms with van der Waals surface area (Å²) in [6.07, 6.45) is 7.56. The molecular weight excluding hydrogens is 334 g/mol. The van der Waals surface area contributed by atoms with Crippen molar-refractivity contribution in [2.24, 2.45) is 0 Å². The maximum Gasteiger partial charge on any atom is 0.329 e. The molecule has 0 unspecified atom stereocenters. The van der Waals surface area contributed by atoms with Gasteiger partial charge in [-0.2, -0.15) is 4.98 Å². The van der Waals surface area contributed by atoms with E-state index >= 15 is 0 Å². The van der Waals surface area contributed by atoms with Gasteiger partial charge in [0.1, 0.15) is 12.0 Å². The number of hydrogen-bond donors (Lipinski definition) is 2. The number of hydrogen-bond acceptors (Lipinski definition) is 8. The lowest BCUT2D eigenvalue weighted by Gasteiger charge is -2.16. The molecule has 3 heterocycles. The monoisotopic (exact) mass is 355 g/mol. The standard InChI is InChI=1S/C17H21N7O2/c25-24(26)14-11-20-17(22-16(14)21-13-4-5-13)19-10-12-3-6-15(18-9-12)23-7-1-2-8-23/h3,6,9,11,13H,1-2,4-5,7-8,10H2,(H2,19,20,21,22). The van der Waals surface area contributed by atoms with Gasteiger partial charge in [0.15, 0.2) is 0 Å². The Balaban J connectivity index is 1.41. The molecule has 1 aliphatic carbocycles. The molecule has 0 atom stereocenters. The van der Waals surface area contributed by atoms with Gasteiger partial charge >= 0.3 is 5.69 Å². The Morgan fingerprint density at radius 1 is 1.19 bits per heavy atom. The smallest absolute Gasteiger partial charge is 0.329 e. The molecule has 9 heteroatoms. The lowest BCUT2D eigenvalue weighted by Crippen LogP contribution is -2.18. The highest BCUT2D eigenvalue weighted by Gasteiger charge is 2.26. The Bertz CT molecular complexity index is 786. The summed E-state index contributed by atoms with van der Waals surface area (Å²) >= 11 is 0. The van der Waals surface area contributed by atoms with Crippen molar-refractivity contribution in [2.75, 3.05) is 28.6 Å². The Morgan fingerprint density at radius 2 is 2.00 bits per heavy atom. The van der Waals surface area contributed by atoms with Crippen molar-refractivity contribution in [3.8, 4) is 0 Å². The van der Waals surface area contributed by atoms with Crippen molar-refractivity contribution in [1.29, 1.82) is 0 Å². The molecule has 26 heavy (non-hydrogen) atoms. The third-order valence-corrected chi connectivity index (χ3v) is 4.57. The van der Waals surface area contributed by atoms with Crippen LogP contribution in [-0.2, 0) is 6.54 Å². The molecule has 136 valence electrons. The molecule has 2 N–H and O–H groups in total. The van der Waals surface area contributed by atoms with E-state index in [1.54, 1.807) is 0 Å². The molecule has 2 fully saturated rings. The van der Waals surface area contributed by atoms with Crippen LogP contribution in [-0.4, -0.2) is 39.0 Å². The summed E-state index contributed by atoms with van der Waals surface area (Å²) in [5, 5.41) is 17.3. The number of aromatic nitrogens is 3. The number of pyridine rings is 1. The van der Waals surface area contributed by atoms with Crippen LogP contribution in [0.25, 0.3) is 0 Å². The van der Waals surface area contributed by atoms with Crippen LogP contribution in [0.5, 0.6) is 0 Å². The highest BCUT2D eigenvalue weighted by Crippen LogP contribution is 2.29. The molecule has 4 rings (SSSR count). The van der Waals surface area contributed by atoms with E-state index in [-0.39, 0.29) is 17.5 Å². The number of nitrogens with one attached hydrogen (secondary N) is 2. The summed E-state index contributed by atoms with van der Waals surface area (Å²) in [5.74, 6) is 1.65. The maximum atomic E-state index is 11.1. The van der Waals surface area contributed by atoms with Crippen molar-refractivity contribution < 1.29 is 4.92 Å². The zero-order valence-electron chi connectivity index (χ0n) is 14.4. The van der Waals surface area contributed by atoms with Crippen LogP contribution in [0.1, 0.15) is 31.2 Å². The molecule has 1 saturated carbocycles. The third kappa shape index (κ3) is 3.81. The highest BCUT2D eigenvalue weighted by atomic mass is 16.6. The summed E-state index contributed by atoms with van der Waals surface area (Å²) in [7, 11) is 0. The number of nitrogens with zero attached hydrogens (tertiary/aromatic N) is 5. The van der Waals surface area contributed by atoms with E-state index in [2.05, 4.69) is 30.5 Å². The molecule has 1 aliphatic heterocycles. The van der Waals surface area contributed by atoms with Gasteiger partial charge in [-0.3, -0.25) is 10.1 Å². The van der Waals surface area contributed by atoms with Crippen LogP contribution >= 0.6 is 0 Å². The number of rotatable bonds is 7. The van der Waals surface area contributed by atoms with Gasteiger partial charge in [-0.15, -0.1) is 0 Å². The third-order valence-electron chi connectivity index (χ3n) is 4.57. The molecule has 0 aromatic carbocycles. The van der Waals surface area contributed by atoms with Crippen LogP contribution in [0.2, 0.25) is 0 Å². The first-order valence-electron chi connectivity index (χ1n) is 8.91. The first-order chi connectivity index (χ1) is 12.7. The zero-order chi connectivity index (χ0) is 17.9. The van der Waals surface area contributed by atoms with Crippen LogP contribution < -0.4 is 15.5 Å². The molecule has 9 nitrogen and oxygen atoms in total. The minimum absolute atomic E-state index is 0.0981. The van der Waals surface area contributed by atoms with Gasteiger partial charge in [0.2, 0.25) is 11.8 Å². The molecule has 0 bridgehead atoms. The lowest BCUT2D eigenvalue weighted by atomic mass is 10.3. The number of nitro groups is 1. The topological polar surface area (TPSA) is 109 Å². The van der Waals surface area contributed by atoms with E-state index in [1.807, 2.05) is 18.3 Å². The Morgan fingerprint density at radius 3 is 2.65 bits per heavy atom. The van der Waals surface area contributed by atoms with E-state index in [0.29, 0.717) is 12.5 Å². The second kappa shape index (κ2) is 7.11. The maximum absolute atomic E-state index is 11.1. The molecule has 0 radical (unpaired) electrons. The van der Waals surface area contributed by atoms with Crippen LogP contribution in [0, 0.1) is 10.1 Å². The Labute approximate surface area is 151 Å². The van der Waals surface area contributed by atoms with Gasteiger partial charge in [-0.1, -0.05) is 6.07 Å². The quantitative estimate of drug-likeness (QED) is 0.576. The average Bonchev–Trinajstić information content (AvgIpc) is 3.29. The molecule has 2 aliphatic rings. The largest absolute Gasteiger partial charge is 0.361 e. The minimum atomic E-state index is -0.463. The SMILES string of the molecule is O=[N+]([O-])c1cnc(NCc2ccc(N3CCCC3)nc2)nc1NC1CC1. The normalized spacial score (nSPS) is 16.5. The average molecular weight is 355 g/mol. The first kappa shape index (κ1) is 16.5. The number of anilines is 3. The van der Waals surface area contributed by atoms with Crippen molar-refractivity contribution in [2.45, 2.75) is 38.3 Å². The van der Waals surface area contributed by atoms with Crippen LogP contribution in [0.3, 0.4) is 0 Å². The predicted molar refractivity (Wildman–Crippen MR) is 98.3 cm³/mol. The fourth-order valence-corrected chi connectivity index (χ4v) is 2.96. The molecular formula is C17H21N7O2. The van der Waals surface area contributed by atoms with Gasteiger partial charge in [0.25, 0.3) is 0 Å². The minimum Gasteiger partial charge on any atom is -0.361 e. The molecule has 1 saturated heterocycles. The zero-order valence-corrected chi connectivity index (χ0v) is 14.4. The molecule has 2 aromatic heterocycles. The van der Waals surface area contributed by atoms with Gasteiger partial charge in [0.05, 0.1) is 4.92 Å². The van der Waals surface area contributed by atoms with Crippen molar-refractivity contribution in [3.05, 3.63) is 40.2 Å². The molecule has 0 spiro atoms. The van der Waals surface area contributed by atoms with E-state index in [0.717, 1.165) is 37.3 Å². The van der Waals surface area contributed by atoms with E-state index in [9.17, 15) is 10.1 Å². The van der Waals surface area contributed by atoms with E-state index in [1.165, 1.54) is 19.0 Å². The van der Waals surface area contributed by atoms with Crippen molar-refractivity contribution >= 4 is 23.3 Å². The predicted octanol–water partition coefficient (Wildman–Crippen LogP) is 2.57. The fourth-order valence-electron chi connectivity index (χ4n) is 2.96. The van der Waals surface area contributed by atoms with Crippen molar-refractivity contribution in [3.63, 3.8) is 0 Å². The lowest BCUT2D eigenvalue weighted by molar-refractivity contribution is -0.384. The summed E-state index contributed by atoms with van der Waals surface area (Å²) in [6, 6.07) is 4.33. The highest BCUT2D eigenvalue weighted by molar-refractivity contribution is 5.58. The second-order valence-corrected chi connectivity index (χ2v) is 6.68. The van der Waals surface area contributed by atoms with E-state index < -0.39 is 4.92 Å². The van der Waals surface area contributed by atoms with Gasteiger partial charge < -0.3 is 15.5 Å². The summed E-state index contributed by atoms with van der Waals surface area (Å²) in [4.78, 5) is 25.8. The van der Waals surface area contributed by atoms with Gasteiger partial charge in [-0.05, 0) is 37.3 Å². The molecule has 2 aromatic rings. The fraction of sp³-hybridized carbons (Fsp3) is 0.471. The van der Waals surface area contributed by atoms with E-state index in [4.69, 9.17) is 0 Å². The van der Waals surface area contributed by atoms with Gasteiger partial charge in [-0.25, -0.2) is 9.97 Å². The van der Waals surface area contributed by atoms with Crippen molar-refractivity contribution in [1.82, 2.24) is 15.0 Å². The molecule has 0 amide bonds. The first-order valence-corrected chi connectivity index (χ1v) is 8.91. The second-order valence-electron chi connectivity index (χ2n) is 6.68.